The number of aryl methyl sites for hydroxylation is 1. The van der Waals surface area contributed by atoms with Crippen molar-refractivity contribution in [1.82, 2.24) is 5.32 Å². The molecule has 0 aliphatic heterocycles. The second kappa shape index (κ2) is 9.03. The lowest BCUT2D eigenvalue weighted by atomic mass is 10.2. The normalized spacial score (nSPS) is 10.3. The molecule has 0 unspecified atom stereocenters. The van der Waals surface area contributed by atoms with Gasteiger partial charge in [-0.3, -0.25) is 0 Å². The number of hydrogen-bond donors (Lipinski definition) is 2. The topological polar surface area (TPSA) is 24.1 Å². The van der Waals surface area contributed by atoms with Crippen LogP contribution in [-0.2, 0) is 5.75 Å². The van der Waals surface area contributed by atoms with Crippen molar-refractivity contribution < 1.29 is 0 Å². The Kier molecular flexibility index (Phi) is 7.03. The molecule has 2 rings (SSSR count). The molecule has 0 aliphatic rings. The number of thiocarbonyl (C=S) groups is 1. The van der Waals surface area contributed by atoms with Crippen molar-refractivity contribution in [2.45, 2.75) is 12.7 Å². The molecule has 0 spiro atoms. The minimum atomic E-state index is 0.637. The van der Waals surface area contributed by atoms with Crippen LogP contribution in [0.3, 0.4) is 0 Å². The highest BCUT2D eigenvalue weighted by Gasteiger charge is 1.98. The largest absolute Gasteiger partial charge is 0.362 e. The molecule has 0 heterocycles. The number of anilines is 1. The van der Waals surface area contributed by atoms with Crippen molar-refractivity contribution in [3.05, 3.63) is 64.7 Å². The van der Waals surface area contributed by atoms with E-state index in [4.69, 9.17) is 23.8 Å². The van der Waals surface area contributed by atoms with Gasteiger partial charge in [0.25, 0.3) is 0 Å². The van der Waals surface area contributed by atoms with Crippen LogP contribution in [-0.4, -0.2) is 17.4 Å². The molecule has 116 valence electrons. The maximum absolute atomic E-state index is 5.85. The van der Waals surface area contributed by atoms with Gasteiger partial charge in [0.2, 0.25) is 0 Å². The quantitative estimate of drug-likeness (QED) is 0.573. The zero-order valence-electron chi connectivity index (χ0n) is 12.4. The van der Waals surface area contributed by atoms with E-state index in [0.717, 1.165) is 28.8 Å². The molecule has 0 amide bonds. The average molecular weight is 351 g/mol. The summed E-state index contributed by atoms with van der Waals surface area (Å²) in [7, 11) is 0. The first-order valence-electron chi connectivity index (χ1n) is 7.07. The smallest absolute Gasteiger partial charge is 0.170 e. The van der Waals surface area contributed by atoms with Crippen LogP contribution < -0.4 is 10.6 Å². The van der Waals surface area contributed by atoms with Crippen LogP contribution in [0.2, 0.25) is 5.02 Å². The number of hydrogen-bond acceptors (Lipinski definition) is 2. The number of thioether (sulfide) groups is 1. The summed E-state index contributed by atoms with van der Waals surface area (Å²) in [6.45, 7) is 2.95. The Morgan fingerprint density at radius 3 is 2.45 bits per heavy atom. The predicted molar refractivity (Wildman–Crippen MR) is 103 cm³/mol. The first-order valence-corrected chi connectivity index (χ1v) is 9.01. The van der Waals surface area contributed by atoms with Crippen molar-refractivity contribution in [1.29, 1.82) is 0 Å². The molecular weight excluding hydrogens is 332 g/mol. The summed E-state index contributed by atoms with van der Waals surface area (Å²) < 4.78 is 0. The van der Waals surface area contributed by atoms with Gasteiger partial charge in [-0.15, -0.1) is 0 Å². The molecule has 0 fully saturated rings. The van der Waals surface area contributed by atoms with E-state index in [2.05, 4.69) is 41.8 Å². The molecule has 0 aromatic heterocycles. The Labute approximate surface area is 146 Å². The molecule has 0 saturated carbocycles. The van der Waals surface area contributed by atoms with Gasteiger partial charge in [-0.05, 0) is 49.0 Å². The van der Waals surface area contributed by atoms with E-state index in [1.165, 1.54) is 11.1 Å². The van der Waals surface area contributed by atoms with E-state index in [1.54, 1.807) is 0 Å². The summed E-state index contributed by atoms with van der Waals surface area (Å²) in [6.07, 6.45) is 0. The predicted octanol–water partition coefficient (Wildman–Crippen LogP) is 4.87. The van der Waals surface area contributed by atoms with Crippen LogP contribution >= 0.6 is 35.6 Å². The van der Waals surface area contributed by atoms with Gasteiger partial charge >= 0.3 is 0 Å². The molecule has 0 saturated heterocycles. The first kappa shape index (κ1) is 17.1. The fraction of sp³-hybridized carbons (Fsp3) is 0.235. The van der Waals surface area contributed by atoms with Gasteiger partial charge < -0.3 is 10.6 Å². The van der Waals surface area contributed by atoms with E-state index >= 15 is 0 Å². The van der Waals surface area contributed by atoms with Crippen LogP contribution in [0.25, 0.3) is 0 Å². The standard InChI is InChI=1S/C17H19ClN2S2/c1-13-2-4-14(5-3-13)12-22-11-10-19-17(21)20-16-8-6-15(18)7-9-16/h2-9H,10-12H2,1H3,(H2,19,20,21). The molecule has 0 bridgehead atoms. The number of nitrogens with one attached hydrogen (secondary N) is 2. The van der Waals surface area contributed by atoms with Gasteiger partial charge in [-0.25, -0.2) is 0 Å². The highest BCUT2D eigenvalue weighted by Crippen LogP contribution is 2.14. The fourth-order valence-corrected chi connectivity index (χ4v) is 2.98. The molecule has 2 aromatic rings. The summed E-state index contributed by atoms with van der Waals surface area (Å²) in [4.78, 5) is 0. The third-order valence-electron chi connectivity index (χ3n) is 3.02. The van der Waals surface area contributed by atoms with Crippen LogP contribution in [0.1, 0.15) is 11.1 Å². The van der Waals surface area contributed by atoms with Gasteiger partial charge in [0, 0.05) is 28.8 Å². The lowest BCUT2D eigenvalue weighted by Crippen LogP contribution is -2.30. The minimum Gasteiger partial charge on any atom is -0.362 e. The van der Waals surface area contributed by atoms with E-state index in [0.29, 0.717) is 5.11 Å². The summed E-state index contributed by atoms with van der Waals surface area (Å²) in [5.41, 5.74) is 3.60. The van der Waals surface area contributed by atoms with E-state index in [9.17, 15) is 0 Å². The molecule has 2 N–H and O–H groups in total. The molecule has 2 aromatic carbocycles. The highest BCUT2D eigenvalue weighted by atomic mass is 35.5. The van der Waals surface area contributed by atoms with Crippen LogP contribution in [0.15, 0.2) is 48.5 Å². The molecule has 0 aliphatic carbocycles. The Bertz CT molecular complexity index is 597. The molecule has 0 atom stereocenters. The zero-order chi connectivity index (χ0) is 15.8. The third kappa shape index (κ3) is 6.26. The SMILES string of the molecule is Cc1ccc(CSCCNC(=S)Nc2ccc(Cl)cc2)cc1. The molecular formula is C17H19ClN2S2. The van der Waals surface area contributed by atoms with Crippen molar-refractivity contribution in [2.75, 3.05) is 17.6 Å². The summed E-state index contributed by atoms with van der Waals surface area (Å²) in [5, 5.41) is 7.70. The van der Waals surface area contributed by atoms with Crippen molar-refractivity contribution in [2.24, 2.45) is 0 Å². The van der Waals surface area contributed by atoms with Gasteiger partial charge in [-0.2, -0.15) is 11.8 Å². The maximum atomic E-state index is 5.85. The summed E-state index contributed by atoms with van der Waals surface area (Å²) in [5.74, 6) is 2.04. The Morgan fingerprint density at radius 2 is 1.77 bits per heavy atom. The van der Waals surface area contributed by atoms with Crippen molar-refractivity contribution in [3.8, 4) is 0 Å². The lowest BCUT2D eigenvalue weighted by Gasteiger charge is -2.10. The Hall–Kier alpha value is -1.23. The second-order valence-electron chi connectivity index (χ2n) is 4.93. The van der Waals surface area contributed by atoms with Crippen LogP contribution in [0, 0.1) is 6.92 Å². The van der Waals surface area contributed by atoms with Crippen LogP contribution in [0.5, 0.6) is 0 Å². The third-order valence-corrected chi connectivity index (χ3v) is 4.55. The van der Waals surface area contributed by atoms with Crippen molar-refractivity contribution >= 4 is 46.4 Å². The second-order valence-corrected chi connectivity index (χ2v) is 6.88. The van der Waals surface area contributed by atoms with Gasteiger partial charge in [-0.1, -0.05) is 41.4 Å². The molecule has 5 heteroatoms. The van der Waals surface area contributed by atoms with Gasteiger partial charge in [0.15, 0.2) is 5.11 Å². The summed E-state index contributed by atoms with van der Waals surface area (Å²) in [6, 6.07) is 16.2. The van der Waals surface area contributed by atoms with Crippen LogP contribution in [0.4, 0.5) is 5.69 Å². The molecule has 22 heavy (non-hydrogen) atoms. The van der Waals surface area contributed by atoms with Gasteiger partial charge in [0.1, 0.15) is 0 Å². The zero-order valence-corrected chi connectivity index (χ0v) is 14.8. The highest BCUT2D eigenvalue weighted by molar-refractivity contribution is 7.98. The maximum Gasteiger partial charge on any atom is 0.170 e. The lowest BCUT2D eigenvalue weighted by molar-refractivity contribution is 0.990. The average Bonchev–Trinajstić information content (AvgIpc) is 2.51. The minimum absolute atomic E-state index is 0.637. The van der Waals surface area contributed by atoms with Crippen molar-refractivity contribution in [3.63, 3.8) is 0 Å². The first-order chi connectivity index (χ1) is 10.6. The molecule has 0 radical (unpaired) electrons. The number of benzene rings is 2. The fourth-order valence-electron chi connectivity index (χ4n) is 1.82. The number of halogens is 1. The van der Waals surface area contributed by atoms with E-state index < -0.39 is 0 Å². The summed E-state index contributed by atoms with van der Waals surface area (Å²) >= 11 is 13.0. The Morgan fingerprint density at radius 1 is 1.09 bits per heavy atom. The Balaban J connectivity index is 1.61. The van der Waals surface area contributed by atoms with Gasteiger partial charge in [0.05, 0.1) is 0 Å². The monoisotopic (exact) mass is 350 g/mol. The van der Waals surface area contributed by atoms with E-state index in [-0.39, 0.29) is 0 Å². The molecule has 2 nitrogen and oxygen atoms in total. The van der Waals surface area contributed by atoms with E-state index in [1.807, 2.05) is 36.0 Å². The number of rotatable bonds is 6.